The Balaban J connectivity index is 1.65. The van der Waals surface area contributed by atoms with Crippen molar-refractivity contribution in [3.8, 4) is 5.75 Å². The SMILES string of the molecule is COc1ccc(NC(=O)c2cc3cc4ccc(C)cc4nc3o2)cc1. The maximum atomic E-state index is 12.4. The van der Waals surface area contributed by atoms with Gasteiger partial charge in [-0.2, -0.15) is 0 Å². The molecule has 124 valence electrons. The Kier molecular flexibility index (Phi) is 3.61. The summed E-state index contributed by atoms with van der Waals surface area (Å²) in [6, 6.07) is 16.8. The summed E-state index contributed by atoms with van der Waals surface area (Å²) in [5.41, 5.74) is 3.10. The van der Waals surface area contributed by atoms with Crippen molar-refractivity contribution in [2.24, 2.45) is 0 Å². The van der Waals surface area contributed by atoms with Crippen LogP contribution < -0.4 is 10.1 Å². The first-order valence-corrected chi connectivity index (χ1v) is 7.89. The molecule has 0 aliphatic rings. The van der Waals surface area contributed by atoms with Gasteiger partial charge in [-0.05, 0) is 55.0 Å². The Morgan fingerprint density at radius 1 is 1.04 bits per heavy atom. The van der Waals surface area contributed by atoms with Crippen LogP contribution in [-0.2, 0) is 0 Å². The van der Waals surface area contributed by atoms with Crippen LogP contribution in [0.1, 0.15) is 16.1 Å². The molecule has 2 aromatic heterocycles. The van der Waals surface area contributed by atoms with E-state index in [1.807, 2.05) is 31.2 Å². The Labute approximate surface area is 144 Å². The van der Waals surface area contributed by atoms with E-state index in [-0.39, 0.29) is 11.7 Å². The highest BCUT2D eigenvalue weighted by Crippen LogP contribution is 2.24. The second kappa shape index (κ2) is 5.94. The summed E-state index contributed by atoms with van der Waals surface area (Å²) in [7, 11) is 1.60. The van der Waals surface area contributed by atoms with Crippen LogP contribution in [0.5, 0.6) is 5.75 Å². The van der Waals surface area contributed by atoms with Crippen molar-refractivity contribution in [1.29, 1.82) is 0 Å². The summed E-state index contributed by atoms with van der Waals surface area (Å²) in [5.74, 6) is 0.640. The van der Waals surface area contributed by atoms with E-state index >= 15 is 0 Å². The Morgan fingerprint density at radius 3 is 2.60 bits per heavy atom. The van der Waals surface area contributed by atoms with Crippen LogP contribution in [0.15, 0.2) is 59.0 Å². The van der Waals surface area contributed by atoms with Crippen LogP contribution in [0, 0.1) is 6.92 Å². The minimum Gasteiger partial charge on any atom is -0.497 e. The Hall–Kier alpha value is -3.34. The number of nitrogens with zero attached hydrogens (tertiary/aromatic N) is 1. The van der Waals surface area contributed by atoms with E-state index in [0.29, 0.717) is 11.4 Å². The first-order chi connectivity index (χ1) is 12.1. The van der Waals surface area contributed by atoms with Gasteiger partial charge < -0.3 is 14.5 Å². The summed E-state index contributed by atoms with van der Waals surface area (Å²) in [4.78, 5) is 16.9. The monoisotopic (exact) mass is 332 g/mol. The molecule has 0 saturated carbocycles. The molecule has 5 nitrogen and oxygen atoms in total. The van der Waals surface area contributed by atoms with Crippen molar-refractivity contribution < 1.29 is 13.9 Å². The lowest BCUT2D eigenvalue weighted by molar-refractivity contribution is 0.0998. The third-order valence-electron chi connectivity index (χ3n) is 4.03. The normalized spacial score (nSPS) is 11.0. The fraction of sp³-hybridized carbons (Fsp3) is 0.100. The van der Waals surface area contributed by atoms with E-state index in [1.54, 1.807) is 37.4 Å². The van der Waals surface area contributed by atoms with Gasteiger partial charge in [-0.15, -0.1) is 0 Å². The number of carbonyl (C=O) groups excluding carboxylic acids is 1. The number of fused-ring (bicyclic) bond motifs is 2. The smallest absolute Gasteiger partial charge is 0.291 e. The lowest BCUT2D eigenvalue weighted by Gasteiger charge is -2.04. The van der Waals surface area contributed by atoms with Crippen molar-refractivity contribution in [1.82, 2.24) is 4.98 Å². The zero-order valence-electron chi connectivity index (χ0n) is 13.9. The number of hydrogen-bond acceptors (Lipinski definition) is 4. The molecule has 0 bridgehead atoms. The lowest BCUT2D eigenvalue weighted by Crippen LogP contribution is -2.10. The van der Waals surface area contributed by atoms with Gasteiger partial charge >= 0.3 is 0 Å². The molecule has 4 aromatic rings. The molecule has 1 amide bonds. The van der Waals surface area contributed by atoms with Crippen molar-refractivity contribution in [2.45, 2.75) is 6.92 Å². The molecular formula is C20H16N2O3. The van der Waals surface area contributed by atoms with Gasteiger partial charge in [0.1, 0.15) is 5.75 Å². The molecule has 0 unspecified atom stereocenters. The summed E-state index contributed by atoms with van der Waals surface area (Å²) in [5, 5.41) is 4.62. The Morgan fingerprint density at radius 2 is 1.84 bits per heavy atom. The zero-order valence-corrected chi connectivity index (χ0v) is 13.9. The minimum absolute atomic E-state index is 0.227. The molecule has 2 heterocycles. The number of hydrogen-bond donors (Lipinski definition) is 1. The van der Waals surface area contributed by atoms with Gasteiger partial charge in [0.05, 0.1) is 12.6 Å². The topological polar surface area (TPSA) is 64.4 Å². The van der Waals surface area contributed by atoms with Crippen LogP contribution in [0.4, 0.5) is 5.69 Å². The molecular weight excluding hydrogens is 316 g/mol. The number of anilines is 1. The minimum atomic E-state index is -0.316. The molecule has 0 saturated heterocycles. The summed E-state index contributed by atoms with van der Waals surface area (Å²) >= 11 is 0. The lowest BCUT2D eigenvalue weighted by atomic mass is 10.1. The number of furan rings is 1. The fourth-order valence-corrected chi connectivity index (χ4v) is 2.71. The molecule has 0 radical (unpaired) electrons. The molecule has 0 atom stereocenters. The van der Waals surface area contributed by atoms with Crippen molar-refractivity contribution in [3.63, 3.8) is 0 Å². The van der Waals surface area contributed by atoms with E-state index < -0.39 is 0 Å². The highest BCUT2D eigenvalue weighted by Gasteiger charge is 2.14. The first-order valence-electron chi connectivity index (χ1n) is 7.89. The molecule has 0 fully saturated rings. The Bertz CT molecular complexity index is 1080. The maximum Gasteiger partial charge on any atom is 0.291 e. The van der Waals surface area contributed by atoms with Crippen LogP contribution in [0.3, 0.4) is 0 Å². The van der Waals surface area contributed by atoms with Crippen LogP contribution >= 0.6 is 0 Å². The van der Waals surface area contributed by atoms with E-state index in [4.69, 9.17) is 9.15 Å². The molecule has 2 aromatic carbocycles. The van der Waals surface area contributed by atoms with Crippen LogP contribution in [0.2, 0.25) is 0 Å². The third kappa shape index (κ3) is 2.92. The zero-order chi connectivity index (χ0) is 17.4. The van der Waals surface area contributed by atoms with E-state index in [1.165, 1.54) is 0 Å². The number of ether oxygens (including phenoxy) is 1. The molecule has 5 heteroatoms. The molecule has 25 heavy (non-hydrogen) atoms. The first kappa shape index (κ1) is 15.2. The number of amides is 1. The predicted molar refractivity (Wildman–Crippen MR) is 97.2 cm³/mol. The van der Waals surface area contributed by atoms with Gasteiger partial charge in [0.2, 0.25) is 5.71 Å². The average Bonchev–Trinajstić information content (AvgIpc) is 3.03. The fourth-order valence-electron chi connectivity index (χ4n) is 2.71. The summed E-state index contributed by atoms with van der Waals surface area (Å²) in [6.07, 6.45) is 0. The number of rotatable bonds is 3. The predicted octanol–water partition coefficient (Wildman–Crippen LogP) is 4.55. The van der Waals surface area contributed by atoms with Crippen molar-refractivity contribution >= 4 is 33.6 Å². The number of nitrogens with one attached hydrogen (secondary N) is 1. The highest BCUT2D eigenvalue weighted by atomic mass is 16.5. The third-order valence-corrected chi connectivity index (χ3v) is 4.03. The standard InChI is InChI=1S/C20H16N2O3/c1-12-3-4-13-10-14-11-18(25-20(14)22-17(13)9-12)19(23)21-15-5-7-16(24-2)8-6-15/h3-11H,1-2H3,(H,21,23). The van der Waals surface area contributed by atoms with Crippen molar-refractivity contribution in [3.05, 3.63) is 65.9 Å². The number of carbonyl (C=O) groups is 1. The second-order valence-electron chi connectivity index (χ2n) is 5.87. The quantitative estimate of drug-likeness (QED) is 0.598. The van der Waals surface area contributed by atoms with E-state index in [9.17, 15) is 4.79 Å². The number of pyridine rings is 1. The summed E-state index contributed by atoms with van der Waals surface area (Å²) < 4.78 is 10.8. The summed E-state index contributed by atoms with van der Waals surface area (Å²) in [6.45, 7) is 2.02. The van der Waals surface area contributed by atoms with E-state index in [0.717, 1.165) is 27.6 Å². The molecule has 0 aliphatic heterocycles. The number of methoxy groups -OCH3 is 1. The average molecular weight is 332 g/mol. The van der Waals surface area contributed by atoms with Gasteiger partial charge in [0.25, 0.3) is 5.91 Å². The second-order valence-corrected chi connectivity index (χ2v) is 5.87. The largest absolute Gasteiger partial charge is 0.497 e. The van der Waals surface area contributed by atoms with Gasteiger partial charge in [-0.1, -0.05) is 12.1 Å². The maximum absolute atomic E-state index is 12.4. The van der Waals surface area contributed by atoms with Crippen LogP contribution in [0.25, 0.3) is 22.0 Å². The number of aryl methyl sites for hydroxylation is 1. The van der Waals surface area contributed by atoms with Gasteiger partial charge in [-0.3, -0.25) is 4.79 Å². The molecule has 1 N–H and O–H groups in total. The van der Waals surface area contributed by atoms with Crippen LogP contribution in [-0.4, -0.2) is 18.0 Å². The van der Waals surface area contributed by atoms with Crippen molar-refractivity contribution in [2.75, 3.05) is 12.4 Å². The van der Waals surface area contributed by atoms with E-state index in [2.05, 4.69) is 10.3 Å². The molecule has 0 aliphatic carbocycles. The van der Waals surface area contributed by atoms with Gasteiger partial charge in [0, 0.05) is 16.5 Å². The highest BCUT2D eigenvalue weighted by molar-refractivity contribution is 6.05. The van der Waals surface area contributed by atoms with Gasteiger partial charge in [0.15, 0.2) is 5.76 Å². The number of aromatic nitrogens is 1. The van der Waals surface area contributed by atoms with Gasteiger partial charge in [-0.25, -0.2) is 4.98 Å². The molecule has 4 rings (SSSR count). The number of benzene rings is 2. The molecule has 0 spiro atoms.